The summed E-state index contributed by atoms with van der Waals surface area (Å²) in [6.07, 6.45) is 0. The zero-order valence-electron chi connectivity index (χ0n) is 14.3. The summed E-state index contributed by atoms with van der Waals surface area (Å²) in [5, 5.41) is 2.47. The number of hydrogen-bond donors (Lipinski definition) is 3. The van der Waals surface area contributed by atoms with Crippen LogP contribution in [0.5, 0.6) is 5.75 Å². The molecule has 0 heterocycles. The highest BCUT2D eigenvalue weighted by Crippen LogP contribution is 2.17. The lowest BCUT2D eigenvalue weighted by Gasteiger charge is -2.12. The SMILES string of the molecule is Cc1cccc(OCC(=O)NNC(=S)NC(=O)c2ccc(C)c(Br)c2)c1. The van der Waals surface area contributed by atoms with Crippen molar-refractivity contribution in [2.75, 3.05) is 6.61 Å². The molecule has 2 rings (SSSR count). The van der Waals surface area contributed by atoms with Crippen LogP contribution in [0, 0.1) is 13.8 Å². The molecule has 136 valence electrons. The Labute approximate surface area is 165 Å². The number of carbonyl (C=O) groups excluding carboxylic acids is 2. The number of hydrogen-bond acceptors (Lipinski definition) is 4. The van der Waals surface area contributed by atoms with Crippen LogP contribution in [0.25, 0.3) is 0 Å². The molecule has 8 heteroatoms. The first-order valence-corrected chi connectivity index (χ1v) is 8.91. The summed E-state index contributed by atoms with van der Waals surface area (Å²) in [4.78, 5) is 23.9. The van der Waals surface area contributed by atoms with Gasteiger partial charge in [-0.1, -0.05) is 34.1 Å². The van der Waals surface area contributed by atoms with Crippen LogP contribution in [0.3, 0.4) is 0 Å². The predicted octanol–water partition coefficient (Wildman–Crippen LogP) is 2.78. The number of nitrogens with one attached hydrogen (secondary N) is 3. The summed E-state index contributed by atoms with van der Waals surface area (Å²) in [6, 6.07) is 12.6. The van der Waals surface area contributed by atoms with Gasteiger partial charge < -0.3 is 4.74 Å². The number of rotatable bonds is 4. The van der Waals surface area contributed by atoms with Gasteiger partial charge in [0.25, 0.3) is 11.8 Å². The maximum Gasteiger partial charge on any atom is 0.276 e. The summed E-state index contributed by atoms with van der Waals surface area (Å²) < 4.78 is 6.19. The Morgan fingerprint density at radius 1 is 1.12 bits per heavy atom. The number of halogens is 1. The fourth-order valence-electron chi connectivity index (χ4n) is 1.96. The summed E-state index contributed by atoms with van der Waals surface area (Å²) in [6.45, 7) is 3.67. The van der Waals surface area contributed by atoms with Gasteiger partial charge in [0.2, 0.25) is 0 Å². The van der Waals surface area contributed by atoms with Crippen LogP contribution < -0.4 is 20.9 Å². The smallest absolute Gasteiger partial charge is 0.276 e. The molecule has 6 nitrogen and oxygen atoms in total. The van der Waals surface area contributed by atoms with Gasteiger partial charge in [-0.15, -0.1) is 0 Å². The summed E-state index contributed by atoms with van der Waals surface area (Å²) in [5.41, 5.74) is 7.33. The topological polar surface area (TPSA) is 79.5 Å². The molecular weight excluding hydrogens is 418 g/mol. The Balaban J connectivity index is 1.76. The lowest BCUT2D eigenvalue weighted by atomic mass is 10.1. The third-order valence-corrected chi connectivity index (χ3v) is 4.39. The van der Waals surface area contributed by atoms with Crippen molar-refractivity contribution in [2.24, 2.45) is 0 Å². The molecule has 0 aromatic heterocycles. The highest BCUT2D eigenvalue weighted by molar-refractivity contribution is 9.10. The molecule has 0 saturated heterocycles. The van der Waals surface area contributed by atoms with Crippen LogP contribution in [-0.4, -0.2) is 23.5 Å². The average Bonchev–Trinajstić information content (AvgIpc) is 2.60. The first-order chi connectivity index (χ1) is 12.3. The van der Waals surface area contributed by atoms with Gasteiger partial charge in [-0.3, -0.25) is 25.8 Å². The number of ether oxygens (including phenoxy) is 1. The van der Waals surface area contributed by atoms with E-state index in [4.69, 9.17) is 17.0 Å². The van der Waals surface area contributed by atoms with Gasteiger partial charge in [0, 0.05) is 10.0 Å². The molecule has 0 aliphatic rings. The normalized spacial score (nSPS) is 9.96. The van der Waals surface area contributed by atoms with E-state index >= 15 is 0 Å². The zero-order valence-corrected chi connectivity index (χ0v) is 16.7. The van der Waals surface area contributed by atoms with E-state index in [9.17, 15) is 9.59 Å². The van der Waals surface area contributed by atoms with Gasteiger partial charge in [0.15, 0.2) is 11.7 Å². The molecule has 0 radical (unpaired) electrons. The van der Waals surface area contributed by atoms with E-state index in [0.29, 0.717) is 11.3 Å². The van der Waals surface area contributed by atoms with Crippen molar-refractivity contribution in [3.8, 4) is 5.75 Å². The Bertz CT molecular complexity index is 842. The Kier molecular flexibility index (Phi) is 7.11. The van der Waals surface area contributed by atoms with Crippen LogP contribution in [0.2, 0.25) is 0 Å². The monoisotopic (exact) mass is 435 g/mol. The van der Waals surface area contributed by atoms with Crippen molar-refractivity contribution in [3.63, 3.8) is 0 Å². The number of thiocarbonyl (C=S) groups is 1. The second kappa shape index (κ2) is 9.30. The minimum absolute atomic E-state index is 0.0180. The predicted molar refractivity (Wildman–Crippen MR) is 107 cm³/mol. The highest BCUT2D eigenvalue weighted by atomic mass is 79.9. The largest absolute Gasteiger partial charge is 0.484 e. The van der Waals surface area contributed by atoms with E-state index in [-0.39, 0.29) is 17.6 Å². The minimum atomic E-state index is -0.429. The van der Waals surface area contributed by atoms with Crippen molar-refractivity contribution in [3.05, 3.63) is 63.6 Å². The maximum atomic E-state index is 12.1. The summed E-state index contributed by atoms with van der Waals surface area (Å²) >= 11 is 8.36. The second-order valence-electron chi connectivity index (χ2n) is 5.53. The van der Waals surface area contributed by atoms with Crippen LogP contribution in [0.4, 0.5) is 0 Å². The number of carbonyl (C=O) groups is 2. The van der Waals surface area contributed by atoms with E-state index < -0.39 is 5.91 Å². The first-order valence-electron chi connectivity index (χ1n) is 7.71. The van der Waals surface area contributed by atoms with Gasteiger partial charge >= 0.3 is 0 Å². The van der Waals surface area contributed by atoms with Crippen molar-refractivity contribution >= 4 is 45.1 Å². The third-order valence-electron chi connectivity index (χ3n) is 3.34. The summed E-state index contributed by atoms with van der Waals surface area (Å²) in [5.74, 6) is -0.212. The number of hydrazine groups is 1. The van der Waals surface area contributed by atoms with Crippen LogP contribution in [0.1, 0.15) is 21.5 Å². The maximum absolute atomic E-state index is 12.1. The summed E-state index contributed by atoms with van der Waals surface area (Å²) in [7, 11) is 0. The van der Waals surface area contributed by atoms with Gasteiger partial charge in [-0.2, -0.15) is 0 Å². The molecule has 0 aliphatic heterocycles. The van der Waals surface area contributed by atoms with Crippen molar-refractivity contribution in [1.29, 1.82) is 0 Å². The third kappa shape index (κ3) is 6.12. The molecular formula is C18H18BrN3O3S. The fourth-order valence-corrected chi connectivity index (χ4v) is 2.48. The van der Waals surface area contributed by atoms with E-state index in [1.807, 2.05) is 38.1 Å². The molecule has 0 spiro atoms. The minimum Gasteiger partial charge on any atom is -0.484 e. The molecule has 2 aromatic carbocycles. The van der Waals surface area contributed by atoms with E-state index in [0.717, 1.165) is 15.6 Å². The lowest BCUT2D eigenvalue weighted by Crippen LogP contribution is -2.49. The Morgan fingerprint density at radius 2 is 1.88 bits per heavy atom. The van der Waals surface area contributed by atoms with E-state index in [1.54, 1.807) is 18.2 Å². The van der Waals surface area contributed by atoms with Gasteiger partial charge in [-0.05, 0) is 61.5 Å². The number of amides is 2. The molecule has 0 bridgehead atoms. The molecule has 2 aromatic rings. The molecule has 0 fully saturated rings. The first kappa shape index (κ1) is 19.9. The van der Waals surface area contributed by atoms with E-state index in [2.05, 4.69) is 32.1 Å². The molecule has 26 heavy (non-hydrogen) atoms. The zero-order chi connectivity index (χ0) is 19.1. The van der Waals surface area contributed by atoms with Crippen LogP contribution in [-0.2, 0) is 4.79 Å². The number of benzene rings is 2. The molecule has 2 amide bonds. The Morgan fingerprint density at radius 3 is 2.58 bits per heavy atom. The van der Waals surface area contributed by atoms with Crippen LogP contribution in [0.15, 0.2) is 46.9 Å². The van der Waals surface area contributed by atoms with E-state index in [1.165, 1.54) is 0 Å². The molecule has 0 unspecified atom stereocenters. The van der Waals surface area contributed by atoms with Gasteiger partial charge in [0.05, 0.1) is 0 Å². The van der Waals surface area contributed by atoms with Gasteiger partial charge in [-0.25, -0.2) is 0 Å². The van der Waals surface area contributed by atoms with Crippen molar-refractivity contribution < 1.29 is 14.3 Å². The number of aryl methyl sites for hydroxylation is 2. The molecule has 0 aliphatic carbocycles. The van der Waals surface area contributed by atoms with Crippen LogP contribution >= 0.6 is 28.1 Å². The average molecular weight is 436 g/mol. The fraction of sp³-hybridized carbons (Fsp3) is 0.167. The standard InChI is InChI=1S/C18H18BrN3O3S/c1-11-4-3-5-14(8-11)25-10-16(23)21-22-18(26)20-17(24)13-7-6-12(2)15(19)9-13/h3-9H,10H2,1-2H3,(H,21,23)(H2,20,22,24,26). The molecule has 0 saturated carbocycles. The van der Waals surface area contributed by atoms with Crippen molar-refractivity contribution in [1.82, 2.24) is 16.2 Å². The van der Waals surface area contributed by atoms with Gasteiger partial charge in [0.1, 0.15) is 5.75 Å². The molecule has 3 N–H and O–H groups in total. The molecule has 0 atom stereocenters. The lowest BCUT2D eigenvalue weighted by molar-refractivity contribution is -0.123. The quantitative estimate of drug-likeness (QED) is 0.508. The van der Waals surface area contributed by atoms with Crippen molar-refractivity contribution in [2.45, 2.75) is 13.8 Å². The second-order valence-corrected chi connectivity index (χ2v) is 6.79. The highest BCUT2D eigenvalue weighted by Gasteiger charge is 2.10. The Hall–Kier alpha value is -2.45.